The average Bonchev–Trinajstić information content (AvgIpc) is 3.16. The number of aromatic nitrogens is 4. The molecule has 0 aliphatic carbocycles. The van der Waals surface area contributed by atoms with E-state index in [0.29, 0.717) is 17.1 Å². The molecule has 2 N–H and O–H groups in total. The average molecular weight is 310 g/mol. The molecule has 2 aromatic heterocycles. The summed E-state index contributed by atoms with van der Waals surface area (Å²) in [5.74, 6) is -0.496. The van der Waals surface area contributed by atoms with Crippen molar-refractivity contribution < 1.29 is 9.18 Å². The van der Waals surface area contributed by atoms with Crippen molar-refractivity contribution in [3.63, 3.8) is 0 Å². The summed E-state index contributed by atoms with van der Waals surface area (Å²) in [4.78, 5) is 12.2. The number of H-pyrrole nitrogens is 1. The summed E-state index contributed by atoms with van der Waals surface area (Å²) in [7, 11) is 1.62. The van der Waals surface area contributed by atoms with E-state index in [2.05, 4.69) is 20.6 Å². The number of amides is 1. The second-order valence-electron chi connectivity index (χ2n) is 4.77. The lowest BCUT2D eigenvalue weighted by Crippen LogP contribution is -2.15. The molecule has 0 bridgehead atoms. The Morgan fingerprint density at radius 3 is 2.83 bits per heavy atom. The lowest BCUT2D eigenvalue weighted by Gasteiger charge is -2.03. The number of nitrogens with zero attached hydrogens (tertiary/aromatic N) is 4. The van der Waals surface area contributed by atoms with Crippen LogP contribution in [0.3, 0.4) is 0 Å². The van der Waals surface area contributed by atoms with Crippen molar-refractivity contribution in [3.8, 4) is 17.3 Å². The first-order chi connectivity index (χ1) is 11.1. The van der Waals surface area contributed by atoms with Gasteiger partial charge in [-0.15, -0.1) is 0 Å². The zero-order valence-electron chi connectivity index (χ0n) is 12.0. The second-order valence-corrected chi connectivity index (χ2v) is 4.77. The van der Waals surface area contributed by atoms with Crippen LogP contribution in [0.1, 0.15) is 16.1 Å². The summed E-state index contributed by atoms with van der Waals surface area (Å²) in [6, 6.07) is 9.28. The smallest absolute Gasteiger partial charge is 0.274 e. The molecule has 2 heterocycles. The predicted octanol–water partition coefficient (Wildman–Crippen LogP) is 2.07. The number of rotatable bonds is 3. The Labute approximate surface area is 130 Å². The number of nitriles is 1. The third-order valence-electron chi connectivity index (χ3n) is 3.25. The molecule has 114 valence electrons. The number of anilines is 1. The van der Waals surface area contributed by atoms with Crippen molar-refractivity contribution in [3.05, 3.63) is 53.6 Å². The van der Waals surface area contributed by atoms with E-state index in [9.17, 15) is 9.18 Å². The first-order valence-electron chi connectivity index (χ1n) is 6.63. The van der Waals surface area contributed by atoms with Crippen LogP contribution in [0.4, 0.5) is 10.2 Å². The SMILES string of the molecule is Cn1ncc(C#N)c1NC(=O)c1cc(-c2ccc(F)cc2)n[nH]1. The van der Waals surface area contributed by atoms with Gasteiger partial charge >= 0.3 is 0 Å². The summed E-state index contributed by atoms with van der Waals surface area (Å²) in [5, 5.41) is 22.2. The highest BCUT2D eigenvalue weighted by atomic mass is 19.1. The van der Waals surface area contributed by atoms with Crippen LogP contribution in [0.2, 0.25) is 0 Å². The molecule has 3 rings (SSSR count). The molecule has 0 radical (unpaired) electrons. The predicted molar refractivity (Wildman–Crippen MR) is 79.9 cm³/mol. The highest BCUT2D eigenvalue weighted by Crippen LogP contribution is 2.19. The monoisotopic (exact) mass is 310 g/mol. The minimum absolute atomic E-state index is 0.217. The number of carbonyl (C=O) groups excluding carboxylic acids is 1. The number of aryl methyl sites for hydroxylation is 1. The summed E-state index contributed by atoms with van der Waals surface area (Å²) in [6.07, 6.45) is 1.37. The van der Waals surface area contributed by atoms with Crippen molar-refractivity contribution in [1.82, 2.24) is 20.0 Å². The zero-order valence-corrected chi connectivity index (χ0v) is 12.0. The van der Waals surface area contributed by atoms with Crippen LogP contribution < -0.4 is 5.32 Å². The Morgan fingerprint density at radius 2 is 2.13 bits per heavy atom. The van der Waals surface area contributed by atoms with Gasteiger partial charge in [-0.3, -0.25) is 14.6 Å². The van der Waals surface area contributed by atoms with Gasteiger partial charge in [0, 0.05) is 12.6 Å². The molecule has 0 saturated carbocycles. The minimum Gasteiger partial charge on any atom is -0.304 e. The van der Waals surface area contributed by atoms with E-state index in [1.54, 1.807) is 25.2 Å². The molecule has 0 aliphatic heterocycles. The molecule has 7 nitrogen and oxygen atoms in total. The second kappa shape index (κ2) is 5.73. The Hall–Kier alpha value is -3.47. The summed E-state index contributed by atoms with van der Waals surface area (Å²) in [6.45, 7) is 0. The number of carbonyl (C=O) groups is 1. The van der Waals surface area contributed by atoms with E-state index >= 15 is 0 Å². The van der Waals surface area contributed by atoms with Gasteiger partial charge < -0.3 is 5.32 Å². The minimum atomic E-state index is -0.453. The summed E-state index contributed by atoms with van der Waals surface area (Å²) in [5.41, 5.74) is 1.68. The van der Waals surface area contributed by atoms with Crippen molar-refractivity contribution in [2.24, 2.45) is 7.05 Å². The van der Waals surface area contributed by atoms with Crippen molar-refractivity contribution in [1.29, 1.82) is 5.26 Å². The third-order valence-corrected chi connectivity index (χ3v) is 3.25. The van der Waals surface area contributed by atoms with E-state index in [4.69, 9.17) is 5.26 Å². The van der Waals surface area contributed by atoms with Crippen LogP contribution in [0.25, 0.3) is 11.3 Å². The third kappa shape index (κ3) is 2.80. The van der Waals surface area contributed by atoms with Gasteiger partial charge in [-0.1, -0.05) is 0 Å². The Kier molecular flexibility index (Phi) is 3.60. The van der Waals surface area contributed by atoms with E-state index in [1.807, 2.05) is 6.07 Å². The van der Waals surface area contributed by atoms with Gasteiger partial charge in [0.05, 0.1) is 11.9 Å². The van der Waals surface area contributed by atoms with Crippen LogP contribution in [0.15, 0.2) is 36.5 Å². The maximum atomic E-state index is 12.9. The number of benzene rings is 1. The van der Waals surface area contributed by atoms with Crippen molar-refractivity contribution in [2.45, 2.75) is 0 Å². The fraction of sp³-hybridized carbons (Fsp3) is 0.0667. The van der Waals surface area contributed by atoms with E-state index in [-0.39, 0.29) is 17.1 Å². The molecule has 3 aromatic rings. The van der Waals surface area contributed by atoms with E-state index in [1.165, 1.54) is 23.0 Å². The molecular weight excluding hydrogens is 299 g/mol. The van der Waals surface area contributed by atoms with Gasteiger partial charge in [0.1, 0.15) is 29.0 Å². The molecule has 23 heavy (non-hydrogen) atoms. The Morgan fingerprint density at radius 1 is 1.39 bits per heavy atom. The van der Waals surface area contributed by atoms with Gasteiger partial charge in [0.15, 0.2) is 0 Å². The van der Waals surface area contributed by atoms with Gasteiger partial charge in [-0.2, -0.15) is 15.5 Å². The van der Waals surface area contributed by atoms with Gasteiger partial charge in [0.25, 0.3) is 5.91 Å². The zero-order chi connectivity index (χ0) is 16.4. The van der Waals surface area contributed by atoms with Crippen LogP contribution in [0, 0.1) is 17.1 Å². The molecule has 8 heteroatoms. The quantitative estimate of drug-likeness (QED) is 0.773. The normalized spacial score (nSPS) is 10.3. The number of halogens is 1. The lowest BCUT2D eigenvalue weighted by atomic mass is 10.1. The number of hydrogen-bond acceptors (Lipinski definition) is 4. The fourth-order valence-electron chi connectivity index (χ4n) is 2.05. The maximum absolute atomic E-state index is 12.9. The number of aromatic amines is 1. The number of nitrogens with one attached hydrogen (secondary N) is 2. The van der Waals surface area contributed by atoms with Crippen LogP contribution in [-0.2, 0) is 7.05 Å². The van der Waals surface area contributed by atoms with Gasteiger partial charge in [-0.05, 0) is 30.3 Å². The van der Waals surface area contributed by atoms with E-state index < -0.39 is 5.91 Å². The molecule has 0 atom stereocenters. The summed E-state index contributed by atoms with van der Waals surface area (Å²) >= 11 is 0. The van der Waals surface area contributed by atoms with Crippen molar-refractivity contribution in [2.75, 3.05) is 5.32 Å². The molecule has 1 amide bonds. The molecule has 0 fully saturated rings. The first-order valence-corrected chi connectivity index (χ1v) is 6.63. The molecule has 0 aliphatic rings. The van der Waals surface area contributed by atoms with Crippen LogP contribution >= 0.6 is 0 Å². The molecule has 0 unspecified atom stereocenters. The Balaban J connectivity index is 1.83. The molecule has 0 spiro atoms. The van der Waals surface area contributed by atoms with E-state index in [0.717, 1.165) is 0 Å². The largest absolute Gasteiger partial charge is 0.304 e. The van der Waals surface area contributed by atoms with Crippen molar-refractivity contribution >= 4 is 11.7 Å². The highest BCUT2D eigenvalue weighted by Gasteiger charge is 2.15. The van der Waals surface area contributed by atoms with Crippen LogP contribution in [-0.4, -0.2) is 25.9 Å². The standard InChI is InChI=1S/C15H11FN6O/c1-22-14(10(7-17)8-18-22)19-15(23)13-6-12(20-21-13)9-2-4-11(16)5-3-9/h2-6,8H,1H3,(H,19,23)(H,20,21). The van der Waals surface area contributed by atoms with Gasteiger partial charge in [0.2, 0.25) is 0 Å². The first kappa shape index (κ1) is 14.5. The van der Waals surface area contributed by atoms with Crippen LogP contribution in [0.5, 0.6) is 0 Å². The lowest BCUT2D eigenvalue weighted by molar-refractivity contribution is 0.102. The molecular formula is C15H11FN6O. The molecule has 0 saturated heterocycles. The Bertz CT molecular complexity index is 903. The summed E-state index contributed by atoms with van der Waals surface area (Å²) < 4.78 is 14.3. The fourth-order valence-corrected chi connectivity index (χ4v) is 2.05. The number of hydrogen-bond donors (Lipinski definition) is 2. The maximum Gasteiger partial charge on any atom is 0.274 e. The van der Waals surface area contributed by atoms with Gasteiger partial charge in [-0.25, -0.2) is 4.39 Å². The highest BCUT2D eigenvalue weighted by molar-refractivity contribution is 6.03. The topological polar surface area (TPSA) is 99.4 Å². The molecule has 1 aromatic carbocycles.